The largest absolute Gasteiger partial charge is 0.569 e. The van der Waals surface area contributed by atoms with E-state index in [0.29, 0.717) is 30.7 Å². The van der Waals surface area contributed by atoms with Gasteiger partial charge in [0.15, 0.2) is 11.6 Å². The molecule has 10 nitrogen and oxygen atoms in total. The fourth-order valence-corrected chi connectivity index (χ4v) is 6.66. The molecule has 4 aromatic heterocycles. The van der Waals surface area contributed by atoms with E-state index in [0.717, 1.165) is 66.0 Å². The number of hydrogen-bond acceptors (Lipinski definition) is 10. The van der Waals surface area contributed by atoms with Gasteiger partial charge in [0.1, 0.15) is 10.9 Å². The molecule has 247 valence electrons. The van der Waals surface area contributed by atoms with E-state index in [1.807, 2.05) is 33.0 Å². The molecule has 47 heavy (non-hydrogen) atoms. The van der Waals surface area contributed by atoms with Gasteiger partial charge in [0, 0.05) is 67.6 Å². The van der Waals surface area contributed by atoms with Crippen LogP contribution in [0.3, 0.4) is 0 Å². The zero-order chi connectivity index (χ0) is 32.2. The average Bonchev–Trinajstić information content (AvgIpc) is 3.04. The Morgan fingerprint density at radius 1 is 0.809 bits per heavy atom. The first-order valence-corrected chi connectivity index (χ1v) is 16.3. The molecule has 4 aliphatic rings. The second-order valence-corrected chi connectivity index (χ2v) is 12.7. The lowest BCUT2D eigenvalue weighted by atomic mass is 10.00. The van der Waals surface area contributed by atoms with E-state index >= 15 is 0 Å². The lowest BCUT2D eigenvalue weighted by molar-refractivity contribution is 0.453. The first-order chi connectivity index (χ1) is 22.3. The molecular formula is C35H45BClN8O2. The zero-order valence-electron chi connectivity index (χ0n) is 26.9. The Kier molecular flexibility index (Phi) is 11.1. The van der Waals surface area contributed by atoms with Gasteiger partial charge >= 0.3 is 7.69 Å². The number of nitrogens with one attached hydrogen (secondary N) is 2. The minimum absolute atomic E-state index is 0. The maximum absolute atomic E-state index is 8.24. The van der Waals surface area contributed by atoms with E-state index < -0.39 is 0 Å². The van der Waals surface area contributed by atoms with Gasteiger partial charge in [0.25, 0.3) is 0 Å². The molecule has 12 heteroatoms. The summed E-state index contributed by atoms with van der Waals surface area (Å²) in [6.07, 6.45) is 8.49. The van der Waals surface area contributed by atoms with Crippen LogP contribution in [0.4, 0.5) is 23.0 Å². The van der Waals surface area contributed by atoms with E-state index in [1.54, 1.807) is 18.3 Å². The smallest absolute Gasteiger partial charge is 0.537 e. The molecule has 8 heterocycles. The lowest BCUT2D eigenvalue weighted by Crippen LogP contribution is -2.46. The van der Waals surface area contributed by atoms with Gasteiger partial charge in [-0.3, -0.25) is 9.97 Å². The minimum Gasteiger partial charge on any atom is -0.537 e. The fourth-order valence-electron chi connectivity index (χ4n) is 6.52. The van der Waals surface area contributed by atoms with E-state index in [4.69, 9.17) is 21.6 Å². The SMILES string of the molecule is C.Cc1cc(-c2nc3c(cc2C)N2CCC[C@@H](C2)N3)ccn1.Cc1cc(O[B]O)ccn1.Cc1cc2c(nc1Cl)N[C@H]1CCCN2C1. The molecule has 2 atom stereocenters. The topological polar surface area (TPSA) is 112 Å². The fraction of sp³-hybridized carbons (Fsp3) is 0.429. The van der Waals surface area contributed by atoms with Crippen LogP contribution >= 0.6 is 11.6 Å². The molecule has 2 saturated heterocycles. The Bertz CT molecular complexity index is 1690. The second kappa shape index (κ2) is 15.2. The summed E-state index contributed by atoms with van der Waals surface area (Å²) in [5, 5.41) is 15.9. The standard InChI is InChI=1S/C17H20N4.C11H14ClN3.C6H7BNO2.CH4/c1-11-8-15-17(19-14-4-3-7-21(15)10-14)20-16(11)13-5-6-18-12(2)9-13;1-7-5-9-11(14-10(7)12)13-8-3-2-4-15(9)6-8;1-5-4-6(10-7-9)2-3-8-5;/h5-6,8-9,14H,3-4,7,10H2,1-2H3,(H,19,20);5,8H,2-4,6H2,1H3,(H,13,14);2-4,9H,1H3;1H4/t14-;8-;;/m00../s1. The van der Waals surface area contributed by atoms with Gasteiger partial charge in [-0.05, 0) is 101 Å². The van der Waals surface area contributed by atoms with Crippen LogP contribution < -0.4 is 25.1 Å². The molecule has 3 N–H and O–H groups in total. The molecule has 0 spiro atoms. The third-order valence-corrected chi connectivity index (χ3v) is 9.14. The summed E-state index contributed by atoms with van der Waals surface area (Å²) in [7, 11) is 0.648. The van der Waals surface area contributed by atoms with Crippen LogP contribution in [-0.4, -0.2) is 70.9 Å². The third kappa shape index (κ3) is 8.08. The molecule has 0 aromatic carbocycles. The summed E-state index contributed by atoms with van der Waals surface area (Å²) in [5.74, 6) is 2.59. The second-order valence-electron chi connectivity index (χ2n) is 12.4. The van der Waals surface area contributed by atoms with Gasteiger partial charge in [-0.15, -0.1) is 0 Å². The van der Waals surface area contributed by atoms with Crippen LogP contribution in [0.1, 0.15) is 55.6 Å². The molecule has 2 fully saturated rings. The average molecular weight is 656 g/mol. The van der Waals surface area contributed by atoms with Gasteiger partial charge in [-0.1, -0.05) is 19.0 Å². The van der Waals surface area contributed by atoms with Crippen molar-refractivity contribution >= 4 is 42.3 Å². The number of rotatable bonds is 3. The third-order valence-electron chi connectivity index (χ3n) is 8.76. The van der Waals surface area contributed by atoms with Crippen molar-refractivity contribution in [2.45, 2.75) is 72.9 Å². The van der Waals surface area contributed by atoms with Gasteiger partial charge in [-0.25, -0.2) is 9.97 Å². The number of halogens is 1. The highest BCUT2D eigenvalue weighted by Crippen LogP contribution is 2.37. The molecule has 0 amide bonds. The van der Waals surface area contributed by atoms with Gasteiger partial charge in [0.2, 0.25) is 0 Å². The number of nitrogens with zero attached hydrogens (tertiary/aromatic N) is 6. The summed E-state index contributed by atoms with van der Waals surface area (Å²) in [4.78, 5) is 22.4. The van der Waals surface area contributed by atoms with Gasteiger partial charge < -0.3 is 30.1 Å². The number of anilines is 4. The lowest BCUT2D eigenvalue weighted by Gasteiger charge is -2.41. The summed E-state index contributed by atoms with van der Waals surface area (Å²) >= 11 is 6.03. The number of fused-ring (bicyclic) bond motifs is 8. The van der Waals surface area contributed by atoms with Crippen molar-refractivity contribution in [1.82, 2.24) is 19.9 Å². The molecule has 1 radical (unpaired) electrons. The Morgan fingerprint density at radius 3 is 1.98 bits per heavy atom. The highest BCUT2D eigenvalue weighted by Gasteiger charge is 2.30. The number of hydrogen-bond donors (Lipinski definition) is 3. The van der Waals surface area contributed by atoms with Crippen molar-refractivity contribution < 1.29 is 9.68 Å². The van der Waals surface area contributed by atoms with Crippen LogP contribution in [0.15, 0.2) is 48.8 Å². The molecular weight excluding hydrogens is 611 g/mol. The van der Waals surface area contributed by atoms with Crippen LogP contribution in [0.25, 0.3) is 11.3 Å². The number of pyridine rings is 4. The van der Waals surface area contributed by atoms with E-state index in [9.17, 15) is 0 Å². The summed E-state index contributed by atoms with van der Waals surface area (Å²) in [6.45, 7) is 12.5. The Labute approximate surface area is 284 Å². The first kappa shape index (κ1) is 34.3. The predicted molar refractivity (Wildman–Crippen MR) is 193 cm³/mol. The number of piperidine rings is 2. The van der Waals surface area contributed by atoms with Crippen molar-refractivity contribution in [3.63, 3.8) is 0 Å². The van der Waals surface area contributed by atoms with Crippen LogP contribution in [-0.2, 0) is 0 Å². The van der Waals surface area contributed by atoms with Crippen molar-refractivity contribution in [3.05, 3.63) is 76.5 Å². The summed E-state index contributed by atoms with van der Waals surface area (Å²) in [5.41, 5.74) is 8.86. The van der Waals surface area contributed by atoms with Crippen molar-refractivity contribution in [2.24, 2.45) is 0 Å². The maximum atomic E-state index is 8.24. The Balaban J connectivity index is 0.000000147. The van der Waals surface area contributed by atoms with Crippen LogP contribution in [0.5, 0.6) is 5.75 Å². The van der Waals surface area contributed by atoms with Crippen molar-refractivity contribution in [2.75, 3.05) is 46.6 Å². The molecule has 4 bridgehead atoms. The first-order valence-electron chi connectivity index (χ1n) is 16.0. The highest BCUT2D eigenvalue weighted by atomic mass is 35.5. The van der Waals surface area contributed by atoms with Crippen molar-refractivity contribution in [1.29, 1.82) is 0 Å². The monoisotopic (exact) mass is 655 g/mol. The molecule has 4 aromatic rings. The zero-order valence-corrected chi connectivity index (χ0v) is 27.7. The van der Waals surface area contributed by atoms with Crippen LogP contribution in [0.2, 0.25) is 5.15 Å². The minimum atomic E-state index is 0. The van der Waals surface area contributed by atoms with E-state index in [2.05, 4.69) is 65.2 Å². The van der Waals surface area contributed by atoms with Gasteiger partial charge in [0.05, 0.1) is 17.1 Å². The van der Waals surface area contributed by atoms with E-state index in [1.165, 1.54) is 42.6 Å². The Hall–Kier alpha value is -4.09. The molecule has 8 rings (SSSR count). The maximum Gasteiger partial charge on any atom is 0.569 e. The molecule has 0 unspecified atom stereocenters. The number of aryl methyl sites for hydroxylation is 4. The molecule has 0 saturated carbocycles. The van der Waals surface area contributed by atoms with Crippen LogP contribution in [0, 0.1) is 27.7 Å². The summed E-state index contributed by atoms with van der Waals surface area (Å²) in [6, 6.07) is 13.1. The molecule has 0 aliphatic carbocycles. The van der Waals surface area contributed by atoms with Crippen molar-refractivity contribution in [3.8, 4) is 17.0 Å². The van der Waals surface area contributed by atoms with Gasteiger partial charge in [-0.2, -0.15) is 0 Å². The van der Waals surface area contributed by atoms with E-state index in [-0.39, 0.29) is 7.43 Å². The normalized spacial score (nSPS) is 18.3. The number of aromatic nitrogens is 4. The highest BCUT2D eigenvalue weighted by molar-refractivity contribution is 6.30. The summed E-state index contributed by atoms with van der Waals surface area (Å²) < 4.78 is 4.68. The predicted octanol–water partition coefficient (Wildman–Crippen LogP) is 6.52. The Morgan fingerprint density at radius 2 is 1.38 bits per heavy atom. The quantitative estimate of drug-likeness (QED) is 0.167. The molecule has 4 aliphatic heterocycles.